The Hall–Kier alpha value is -3.25. The first-order chi connectivity index (χ1) is 15.9. The van der Waals surface area contributed by atoms with E-state index in [-0.39, 0.29) is 37.8 Å². The SMILES string of the molecule is CC(OC(=O)N1CCC(C=NCC(C(N)=O)C(N)=[NH+]C2=CCC(F)C=C2)[C@H](C=N)C1)C(F)(F)F. The number of amidine groups is 1. The van der Waals surface area contributed by atoms with Crippen molar-refractivity contribution in [1.29, 1.82) is 5.41 Å². The second kappa shape index (κ2) is 11.7. The van der Waals surface area contributed by atoms with Gasteiger partial charge in [-0.05, 0) is 31.6 Å². The number of amides is 2. The summed E-state index contributed by atoms with van der Waals surface area (Å²) in [5.74, 6) is -2.40. The molecule has 0 spiro atoms. The van der Waals surface area contributed by atoms with Gasteiger partial charge in [-0.1, -0.05) is 0 Å². The molecule has 9 nitrogen and oxygen atoms in total. The molecule has 1 aliphatic heterocycles. The maximum atomic E-state index is 13.2. The lowest BCUT2D eigenvalue weighted by Crippen LogP contribution is -2.76. The van der Waals surface area contributed by atoms with E-state index in [1.54, 1.807) is 6.08 Å². The standard InChI is InChI=1S/C21H28F4N6O3/c1-12(21(23,24)25)34-20(33)31-7-6-13(14(8-26)11-31)9-29-10-17(19(28)32)18(27)30-16-4-2-15(22)3-5-16/h2,4-5,8-9,12-15,17,26H,3,6-7,10-11H2,1H3,(H2,27,30)(H2,28,32)/p+1/t12?,13?,14-,15?,17?/m1/s1. The van der Waals surface area contributed by atoms with E-state index in [2.05, 4.69) is 14.7 Å². The molecule has 0 aromatic carbocycles. The second-order valence-electron chi connectivity index (χ2n) is 8.12. The zero-order valence-electron chi connectivity index (χ0n) is 18.6. The molecule has 1 aliphatic carbocycles. The molecule has 34 heavy (non-hydrogen) atoms. The van der Waals surface area contributed by atoms with Crippen LogP contribution in [0.15, 0.2) is 28.9 Å². The molecule has 0 saturated carbocycles. The molecule has 1 fully saturated rings. The van der Waals surface area contributed by atoms with Gasteiger partial charge in [0.05, 0.1) is 6.54 Å². The number of halogens is 4. The van der Waals surface area contributed by atoms with Crippen molar-refractivity contribution in [3.8, 4) is 0 Å². The van der Waals surface area contributed by atoms with Crippen molar-refractivity contribution in [1.82, 2.24) is 4.90 Å². The number of nitrogens with two attached hydrogens (primary N) is 2. The van der Waals surface area contributed by atoms with Crippen molar-refractivity contribution >= 4 is 30.3 Å². The summed E-state index contributed by atoms with van der Waals surface area (Å²) in [6.07, 6.45) is -1.47. The first kappa shape index (κ1) is 27.0. The first-order valence-electron chi connectivity index (χ1n) is 10.7. The van der Waals surface area contributed by atoms with Crippen LogP contribution in [-0.2, 0) is 9.53 Å². The van der Waals surface area contributed by atoms with E-state index in [0.717, 1.165) is 18.0 Å². The fourth-order valence-corrected chi connectivity index (χ4v) is 3.40. The third-order valence-electron chi connectivity index (χ3n) is 5.56. The minimum atomic E-state index is -4.66. The number of likely N-dealkylation sites (tertiary alicyclic amines) is 1. The van der Waals surface area contributed by atoms with Gasteiger partial charge in [-0.15, -0.1) is 0 Å². The van der Waals surface area contributed by atoms with Crippen molar-refractivity contribution in [2.75, 3.05) is 19.6 Å². The highest BCUT2D eigenvalue weighted by Gasteiger charge is 2.41. The fraction of sp³-hybridized carbons (Fsp3) is 0.571. The van der Waals surface area contributed by atoms with Gasteiger partial charge < -0.3 is 20.8 Å². The number of ether oxygens (including phenoxy) is 1. The number of carbonyl (C=O) groups excluding carboxylic acids is 2. The number of nitrogens with zero attached hydrogens (tertiary/aromatic N) is 2. The number of piperidine rings is 1. The molecule has 5 atom stereocenters. The van der Waals surface area contributed by atoms with Crippen LogP contribution < -0.4 is 16.5 Å². The van der Waals surface area contributed by atoms with E-state index in [4.69, 9.17) is 16.9 Å². The predicted octanol–water partition coefficient (Wildman–Crippen LogP) is 0.453. The fourth-order valence-electron chi connectivity index (χ4n) is 3.40. The number of alkyl halides is 4. The number of hydrogen-bond donors (Lipinski definition) is 4. The number of carbonyl (C=O) groups is 2. The van der Waals surface area contributed by atoms with Crippen molar-refractivity contribution < 1.29 is 36.9 Å². The number of primary amides is 1. The molecule has 1 heterocycles. The molecule has 2 aliphatic rings. The quantitative estimate of drug-likeness (QED) is 0.223. The Morgan fingerprint density at radius 2 is 2.09 bits per heavy atom. The van der Waals surface area contributed by atoms with Crippen LogP contribution in [0.2, 0.25) is 0 Å². The number of allylic oxidation sites excluding steroid dienone is 3. The molecule has 0 radical (unpaired) electrons. The van der Waals surface area contributed by atoms with Gasteiger partial charge in [-0.3, -0.25) is 15.5 Å². The normalized spacial score (nSPS) is 25.6. The van der Waals surface area contributed by atoms with Gasteiger partial charge >= 0.3 is 12.3 Å². The third kappa shape index (κ3) is 7.66. The molecule has 1 saturated heterocycles. The van der Waals surface area contributed by atoms with E-state index in [1.165, 1.54) is 18.4 Å². The maximum Gasteiger partial charge on any atom is 0.425 e. The molecule has 6 N–H and O–H groups in total. The summed E-state index contributed by atoms with van der Waals surface area (Å²) in [6, 6.07) is 0. The summed E-state index contributed by atoms with van der Waals surface area (Å²) < 4.78 is 55.5. The summed E-state index contributed by atoms with van der Waals surface area (Å²) in [7, 11) is 0. The zero-order valence-corrected chi connectivity index (χ0v) is 18.6. The van der Waals surface area contributed by atoms with Crippen molar-refractivity contribution in [2.24, 2.45) is 34.2 Å². The number of nitrogens with one attached hydrogen (secondary N) is 2. The largest absolute Gasteiger partial charge is 0.437 e. The van der Waals surface area contributed by atoms with Crippen LogP contribution in [0.3, 0.4) is 0 Å². The zero-order chi connectivity index (χ0) is 25.5. The Kier molecular flexibility index (Phi) is 9.33. The Morgan fingerprint density at radius 3 is 2.65 bits per heavy atom. The van der Waals surface area contributed by atoms with Crippen LogP contribution in [0.1, 0.15) is 19.8 Å². The number of hydrogen-bond acceptors (Lipinski definition) is 5. The molecular weight excluding hydrogens is 460 g/mol. The Balaban J connectivity index is 1.97. The lowest BCUT2D eigenvalue weighted by molar-refractivity contribution is -0.395. The molecular formula is C21H29F4N6O3+. The smallest absolute Gasteiger partial charge is 0.425 e. The molecule has 2 rings (SSSR count). The lowest BCUT2D eigenvalue weighted by Gasteiger charge is -2.35. The number of rotatable bonds is 8. The summed E-state index contributed by atoms with van der Waals surface area (Å²) in [5, 5.41) is 7.62. The number of aliphatic imine (C=N–C) groups is 1. The third-order valence-corrected chi connectivity index (χ3v) is 5.56. The molecule has 0 aromatic heterocycles. The van der Waals surface area contributed by atoms with Gasteiger partial charge in [0.1, 0.15) is 11.9 Å². The average molecular weight is 489 g/mol. The highest BCUT2D eigenvalue weighted by molar-refractivity contribution is 5.99. The highest BCUT2D eigenvalue weighted by atomic mass is 19.4. The van der Waals surface area contributed by atoms with E-state index in [0.29, 0.717) is 12.1 Å². The van der Waals surface area contributed by atoms with Crippen LogP contribution in [0.4, 0.5) is 22.4 Å². The summed E-state index contributed by atoms with van der Waals surface area (Å²) >= 11 is 0. The van der Waals surface area contributed by atoms with Crippen LogP contribution in [0.25, 0.3) is 0 Å². The predicted molar refractivity (Wildman–Crippen MR) is 117 cm³/mol. The Labute approximate surface area is 194 Å². The molecule has 13 heteroatoms. The van der Waals surface area contributed by atoms with Crippen molar-refractivity contribution in [3.05, 3.63) is 23.9 Å². The topological polar surface area (TPSA) is 149 Å². The van der Waals surface area contributed by atoms with Crippen molar-refractivity contribution in [3.63, 3.8) is 0 Å². The summed E-state index contributed by atoms with van der Waals surface area (Å²) in [6.45, 7) is 0.786. The second-order valence-corrected chi connectivity index (χ2v) is 8.12. The summed E-state index contributed by atoms with van der Waals surface area (Å²) in [5.41, 5.74) is 11.9. The molecule has 188 valence electrons. The van der Waals surface area contributed by atoms with Gasteiger partial charge in [-0.2, -0.15) is 13.2 Å². The first-order valence-corrected chi connectivity index (χ1v) is 10.7. The minimum Gasteiger partial charge on any atom is -0.437 e. The van der Waals surface area contributed by atoms with Gasteiger partial charge in [0.25, 0.3) is 5.84 Å². The molecule has 4 unspecified atom stereocenters. The van der Waals surface area contributed by atoms with Crippen LogP contribution in [0.5, 0.6) is 0 Å². The summed E-state index contributed by atoms with van der Waals surface area (Å²) in [4.78, 5) is 32.1. The van der Waals surface area contributed by atoms with Crippen molar-refractivity contribution in [2.45, 2.75) is 38.2 Å². The van der Waals surface area contributed by atoms with E-state index < -0.39 is 42.3 Å². The Bertz CT molecular complexity index is 886. The van der Waals surface area contributed by atoms with Crippen LogP contribution in [0, 0.1) is 23.2 Å². The van der Waals surface area contributed by atoms with Crippen LogP contribution in [-0.4, -0.2) is 73.3 Å². The van der Waals surface area contributed by atoms with E-state index >= 15 is 0 Å². The average Bonchev–Trinajstić information content (AvgIpc) is 2.77. The minimum absolute atomic E-state index is 0.00524. The van der Waals surface area contributed by atoms with Crippen LogP contribution >= 0.6 is 0 Å². The maximum absolute atomic E-state index is 13.2. The molecule has 2 amide bonds. The van der Waals surface area contributed by atoms with Gasteiger partial charge in [0, 0.05) is 43.8 Å². The monoisotopic (exact) mass is 489 g/mol. The van der Waals surface area contributed by atoms with E-state index in [1.807, 2.05) is 0 Å². The Morgan fingerprint density at radius 1 is 1.38 bits per heavy atom. The highest BCUT2D eigenvalue weighted by Crippen LogP contribution is 2.25. The van der Waals surface area contributed by atoms with Gasteiger partial charge in [-0.25, -0.2) is 14.2 Å². The van der Waals surface area contributed by atoms with Gasteiger partial charge in [0.2, 0.25) is 5.91 Å². The molecule has 0 bridgehead atoms. The van der Waals surface area contributed by atoms with Gasteiger partial charge in [0.15, 0.2) is 12.0 Å². The van der Waals surface area contributed by atoms with E-state index in [9.17, 15) is 27.2 Å². The lowest BCUT2D eigenvalue weighted by atomic mass is 9.87. The molecule has 0 aromatic rings.